The molecule has 1 aliphatic heterocycles. The second-order valence-corrected chi connectivity index (χ2v) is 6.17. The quantitative estimate of drug-likeness (QED) is 0.740. The molecule has 24 heavy (non-hydrogen) atoms. The van der Waals surface area contributed by atoms with Crippen molar-refractivity contribution in [3.05, 3.63) is 54.5 Å². The van der Waals surface area contributed by atoms with Gasteiger partial charge in [-0.05, 0) is 25.1 Å². The van der Waals surface area contributed by atoms with E-state index < -0.39 is 0 Å². The molecule has 1 saturated heterocycles. The van der Waals surface area contributed by atoms with E-state index in [1.54, 1.807) is 12.4 Å². The lowest BCUT2D eigenvalue weighted by Crippen LogP contribution is -2.38. The normalized spacial score (nSPS) is 15.6. The van der Waals surface area contributed by atoms with Gasteiger partial charge >= 0.3 is 0 Å². The van der Waals surface area contributed by atoms with Crippen LogP contribution in [0.1, 0.15) is 18.5 Å². The highest BCUT2D eigenvalue weighted by atomic mass is 16.5. The van der Waals surface area contributed by atoms with E-state index in [0.29, 0.717) is 5.88 Å². The Hall–Kier alpha value is -2.69. The molecule has 122 valence electrons. The minimum atomic E-state index is 0.192. The summed E-state index contributed by atoms with van der Waals surface area (Å²) in [4.78, 5) is 15.6. The second kappa shape index (κ2) is 6.43. The van der Waals surface area contributed by atoms with Crippen LogP contribution in [0, 0.1) is 6.92 Å². The lowest BCUT2D eigenvalue weighted by molar-refractivity contribution is 0.163. The third-order valence-electron chi connectivity index (χ3n) is 4.37. The first-order valence-corrected chi connectivity index (χ1v) is 8.34. The Morgan fingerprint density at radius 1 is 1.00 bits per heavy atom. The molecule has 0 unspecified atom stereocenters. The van der Waals surface area contributed by atoms with Gasteiger partial charge in [0.25, 0.3) is 0 Å². The second-order valence-electron chi connectivity index (χ2n) is 6.17. The van der Waals surface area contributed by atoms with Gasteiger partial charge in [0.2, 0.25) is 5.88 Å². The molecule has 0 radical (unpaired) electrons. The van der Waals surface area contributed by atoms with Gasteiger partial charge in [-0.25, -0.2) is 9.97 Å². The summed E-state index contributed by atoms with van der Waals surface area (Å²) in [5.41, 5.74) is 1.92. The molecular weight excluding hydrogens is 300 g/mol. The fourth-order valence-corrected chi connectivity index (χ4v) is 3.10. The van der Waals surface area contributed by atoms with Crippen molar-refractivity contribution in [2.75, 3.05) is 18.0 Å². The zero-order valence-corrected chi connectivity index (χ0v) is 13.7. The van der Waals surface area contributed by atoms with Gasteiger partial charge in [0.05, 0.1) is 17.4 Å². The van der Waals surface area contributed by atoms with Crippen molar-refractivity contribution in [3.8, 4) is 5.88 Å². The highest BCUT2D eigenvalue weighted by Crippen LogP contribution is 2.23. The molecule has 0 N–H and O–H groups in total. The van der Waals surface area contributed by atoms with Crippen molar-refractivity contribution in [1.82, 2.24) is 15.0 Å². The fourth-order valence-electron chi connectivity index (χ4n) is 3.10. The Morgan fingerprint density at radius 3 is 2.67 bits per heavy atom. The number of aryl methyl sites for hydroxylation is 1. The summed E-state index contributed by atoms with van der Waals surface area (Å²) < 4.78 is 5.97. The first kappa shape index (κ1) is 14.9. The van der Waals surface area contributed by atoms with Gasteiger partial charge in [-0.3, -0.25) is 4.98 Å². The van der Waals surface area contributed by atoms with Crippen molar-refractivity contribution in [2.45, 2.75) is 25.9 Å². The standard InChI is InChI=1S/C19H20N4O/c1-14-12-20-13-19(21-14)24-16-8-10-23(11-9-16)18-7-6-15-4-2-3-5-17(15)22-18/h2-7,12-13,16H,8-11H2,1H3. The Balaban J connectivity index is 1.41. The molecule has 3 aromatic rings. The highest BCUT2D eigenvalue weighted by molar-refractivity contribution is 5.80. The summed E-state index contributed by atoms with van der Waals surface area (Å²) in [5.74, 6) is 1.67. The molecule has 0 spiro atoms. The minimum absolute atomic E-state index is 0.192. The average Bonchev–Trinajstić information content (AvgIpc) is 2.62. The number of nitrogens with zero attached hydrogens (tertiary/aromatic N) is 4. The number of fused-ring (bicyclic) bond motifs is 1. The van der Waals surface area contributed by atoms with E-state index in [2.05, 4.69) is 39.1 Å². The van der Waals surface area contributed by atoms with Crippen LogP contribution in [0.25, 0.3) is 10.9 Å². The van der Waals surface area contributed by atoms with Gasteiger partial charge in [0.1, 0.15) is 11.9 Å². The van der Waals surface area contributed by atoms with Gasteiger partial charge in [-0.15, -0.1) is 0 Å². The Bertz CT molecular complexity index is 843. The monoisotopic (exact) mass is 320 g/mol. The molecule has 5 heteroatoms. The number of ether oxygens (including phenoxy) is 1. The van der Waals surface area contributed by atoms with Crippen LogP contribution in [0.15, 0.2) is 48.8 Å². The number of rotatable bonds is 3. The van der Waals surface area contributed by atoms with Crippen molar-refractivity contribution in [3.63, 3.8) is 0 Å². The first-order chi connectivity index (χ1) is 11.8. The summed E-state index contributed by atoms with van der Waals surface area (Å²) in [7, 11) is 0. The molecule has 0 amide bonds. The highest BCUT2D eigenvalue weighted by Gasteiger charge is 2.22. The largest absolute Gasteiger partial charge is 0.473 e. The van der Waals surface area contributed by atoms with E-state index in [4.69, 9.17) is 9.72 Å². The maximum atomic E-state index is 5.97. The van der Waals surface area contributed by atoms with Gasteiger partial charge in [0, 0.05) is 37.5 Å². The summed E-state index contributed by atoms with van der Waals surface area (Å²) in [6.45, 7) is 3.80. The third-order valence-corrected chi connectivity index (χ3v) is 4.37. The molecular formula is C19H20N4O. The topological polar surface area (TPSA) is 51.1 Å². The summed E-state index contributed by atoms with van der Waals surface area (Å²) in [6, 6.07) is 12.5. The van der Waals surface area contributed by atoms with E-state index in [1.807, 2.05) is 19.1 Å². The third kappa shape index (κ3) is 3.15. The SMILES string of the molecule is Cc1cncc(OC2CCN(c3ccc4ccccc4n3)CC2)n1. The number of aromatic nitrogens is 3. The van der Waals surface area contributed by atoms with Crippen molar-refractivity contribution in [2.24, 2.45) is 0 Å². The van der Waals surface area contributed by atoms with Crippen molar-refractivity contribution < 1.29 is 4.74 Å². The van der Waals surface area contributed by atoms with Crippen LogP contribution < -0.4 is 9.64 Å². The van der Waals surface area contributed by atoms with Crippen LogP contribution in [-0.2, 0) is 0 Å². The lowest BCUT2D eigenvalue weighted by atomic mass is 10.1. The van der Waals surface area contributed by atoms with Crippen LogP contribution >= 0.6 is 0 Å². The van der Waals surface area contributed by atoms with E-state index in [-0.39, 0.29) is 6.10 Å². The number of pyridine rings is 1. The molecule has 1 aliphatic rings. The summed E-state index contributed by atoms with van der Waals surface area (Å²) >= 11 is 0. The maximum absolute atomic E-state index is 5.97. The van der Waals surface area contributed by atoms with Crippen LogP contribution in [-0.4, -0.2) is 34.1 Å². The molecule has 4 rings (SSSR count). The zero-order valence-electron chi connectivity index (χ0n) is 13.7. The zero-order chi connectivity index (χ0) is 16.4. The van der Waals surface area contributed by atoms with Crippen LogP contribution in [0.2, 0.25) is 0 Å². The predicted octanol–water partition coefficient (Wildman–Crippen LogP) is 3.38. The number of piperidine rings is 1. The predicted molar refractivity (Wildman–Crippen MR) is 94.4 cm³/mol. The number of anilines is 1. The molecule has 0 aliphatic carbocycles. The molecule has 5 nitrogen and oxygen atoms in total. The molecule has 2 aromatic heterocycles. The lowest BCUT2D eigenvalue weighted by Gasteiger charge is -2.32. The summed E-state index contributed by atoms with van der Waals surface area (Å²) in [5, 5.41) is 1.18. The maximum Gasteiger partial charge on any atom is 0.232 e. The average molecular weight is 320 g/mol. The van der Waals surface area contributed by atoms with Gasteiger partial charge in [-0.2, -0.15) is 0 Å². The van der Waals surface area contributed by atoms with Crippen LogP contribution in [0.3, 0.4) is 0 Å². The number of hydrogen-bond acceptors (Lipinski definition) is 5. The van der Waals surface area contributed by atoms with E-state index in [1.165, 1.54) is 5.39 Å². The van der Waals surface area contributed by atoms with E-state index in [0.717, 1.165) is 43.0 Å². The first-order valence-electron chi connectivity index (χ1n) is 8.34. The molecule has 1 aromatic carbocycles. The molecule has 0 saturated carbocycles. The Kier molecular flexibility index (Phi) is 3.99. The number of para-hydroxylation sites is 1. The van der Waals surface area contributed by atoms with Gasteiger partial charge in [-0.1, -0.05) is 18.2 Å². The number of hydrogen-bond donors (Lipinski definition) is 0. The Labute approximate surface area is 141 Å². The summed E-state index contributed by atoms with van der Waals surface area (Å²) in [6.07, 6.45) is 5.54. The van der Waals surface area contributed by atoms with Crippen LogP contribution in [0.5, 0.6) is 5.88 Å². The molecule has 1 fully saturated rings. The van der Waals surface area contributed by atoms with Gasteiger partial charge in [0.15, 0.2) is 0 Å². The Morgan fingerprint density at radius 2 is 1.83 bits per heavy atom. The van der Waals surface area contributed by atoms with E-state index in [9.17, 15) is 0 Å². The smallest absolute Gasteiger partial charge is 0.232 e. The minimum Gasteiger partial charge on any atom is -0.473 e. The fraction of sp³-hybridized carbons (Fsp3) is 0.316. The molecule has 3 heterocycles. The number of benzene rings is 1. The van der Waals surface area contributed by atoms with Crippen molar-refractivity contribution in [1.29, 1.82) is 0 Å². The van der Waals surface area contributed by atoms with Crippen LogP contribution in [0.4, 0.5) is 5.82 Å². The van der Waals surface area contributed by atoms with Gasteiger partial charge < -0.3 is 9.64 Å². The van der Waals surface area contributed by atoms with Crippen molar-refractivity contribution >= 4 is 16.7 Å². The molecule has 0 atom stereocenters. The molecule has 0 bridgehead atoms. The van der Waals surface area contributed by atoms with E-state index >= 15 is 0 Å².